The van der Waals surface area contributed by atoms with Crippen molar-refractivity contribution in [1.82, 2.24) is 0 Å². The average Bonchev–Trinajstić information content (AvgIpc) is 2.82. The first-order valence-electron chi connectivity index (χ1n) is 9.95. The molecule has 0 unspecified atom stereocenters. The van der Waals surface area contributed by atoms with Gasteiger partial charge in [0, 0.05) is 12.1 Å². The van der Waals surface area contributed by atoms with E-state index in [1.165, 1.54) is 31.4 Å². The lowest BCUT2D eigenvalue weighted by Gasteiger charge is -2.08. The third-order valence-electron chi connectivity index (χ3n) is 4.46. The fourth-order valence-electron chi connectivity index (χ4n) is 2.78. The van der Waals surface area contributed by atoms with Gasteiger partial charge in [-0.2, -0.15) is 0 Å². The summed E-state index contributed by atoms with van der Waals surface area (Å²) in [6, 6.07) is 14.8. The molecule has 10 heteroatoms. The van der Waals surface area contributed by atoms with Crippen molar-refractivity contribution in [3.8, 4) is 23.0 Å². The van der Waals surface area contributed by atoms with E-state index in [0.717, 1.165) is 17.7 Å². The number of phenols is 2. The van der Waals surface area contributed by atoms with E-state index in [-0.39, 0.29) is 22.6 Å². The number of nitrogens with one attached hydrogen (secondary N) is 1. The lowest BCUT2D eigenvalue weighted by Crippen LogP contribution is -2.11. The second-order valence-electron chi connectivity index (χ2n) is 6.79. The average molecular weight is 481 g/mol. The largest absolute Gasteiger partial charge is 0.508 e. The third kappa shape index (κ3) is 7.53. The number of carboxylic acids is 2. The van der Waals surface area contributed by atoms with Crippen LogP contribution < -0.4 is 14.8 Å². The molecule has 0 saturated heterocycles. The molecule has 35 heavy (non-hydrogen) atoms. The van der Waals surface area contributed by atoms with Crippen LogP contribution in [0.25, 0.3) is 6.08 Å². The number of hydrogen-bond acceptors (Lipinski definition) is 7. The fraction of sp³-hybridized carbons (Fsp3) is 0.0800. The van der Waals surface area contributed by atoms with Crippen molar-refractivity contribution in [2.75, 3.05) is 19.5 Å². The molecule has 0 atom stereocenters. The monoisotopic (exact) mass is 481 g/mol. The van der Waals surface area contributed by atoms with Crippen molar-refractivity contribution >= 4 is 29.6 Å². The summed E-state index contributed by atoms with van der Waals surface area (Å²) in [4.78, 5) is 33.4. The molecule has 0 fully saturated rings. The van der Waals surface area contributed by atoms with E-state index >= 15 is 0 Å². The molecule has 10 nitrogen and oxygen atoms in total. The molecule has 3 aromatic rings. The standard InChI is InChI=1S/C18H17NO5.C7H6O4/c1-23-15-9-7-12(11-16(15)24-2)8-10-17(20)19-14-6-4-3-5-13(14)18(21)22;8-4-1-2-5(7(10)11)6(9)3-4/h3-11H,1-2H3,(H,19,20)(H,21,22);1-3,8-9H,(H,10,11). The van der Waals surface area contributed by atoms with Gasteiger partial charge < -0.3 is 35.2 Å². The molecule has 0 aromatic heterocycles. The first-order chi connectivity index (χ1) is 16.7. The minimum Gasteiger partial charge on any atom is -0.508 e. The van der Waals surface area contributed by atoms with Gasteiger partial charge in [0.2, 0.25) is 5.91 Å². The van der Waals surface area contributed by atoms with Gasteiger partial charge in [-0.05, 0) is 48.0 Å². The van der Waals surface area contributed by atoms with Crippen molar-refractivity contribution in [1.29, 1.82) is 0 Å². The number of benzene rings is 3. The molecule has 0 aliphatic rings. The number of anilines is 1. The molecule has 0 spiro atoms. The molecule has 0 bridgehead atoms. The number of aromatic hydroxyl groups is 2. The van der Waals surface area contributed by atoms with Crippen LogP contribution in [0.4, 0.5) is 5.69 Å². The summed E-state index contributed by atoms with van der Waals surface area (Å²) in [5, 5.41) is 37.8. The maximum Gasteiger partial charge on any atom is 0.339 e. The molecule has 182 valence electrons. The van der Waals surface area contributed by atoms with Crippen LogP contribution in [0.2, 0.25) is 0 Å². The summed E-state index contributed by atoms with van der Waals surface area (Å²) in [7, 11) is 3.07. The van der Waals surface area contributed by atoms with Crippen LogP contribution in [0.3, 0.4) is 0 Å². The van der Waals surface area contributed by atoms with Crippen LogP contribution in [-0.4, -0.2) is 52.5 Å². The molecule has 3 aromatic carbocycles. The number of amides is 1. The predicted octanol–water partition coefficient (Wildman–Crippen LogP) is 3.85. The number of phenolic OH excluding ortho intramolecular Hbond substituents is 1. The zero-order valence-corrected chi connectivity index (χ0v) is 18.8. The number of carbonyl (C=O) groups excluding carboxylic acids is 1. The SMILES string of the molecule is COc1ccc(C=CC(=O)Nc2ccccc2C(=O)O)cc1OC.O=C(O)c1ccc(O)cc1O. The predicted molar refractivity (Wildman–Crippen MR) is 127 cm³/mol. The maximum absolute atomic E-state index is 12.0. The lowest BCUT2D eigenvalue weighted by atomic mass is 10.1. The van der Waals surface area contributed by atoms with Gasteiger partial charge in [0.05, 0.1) is 25.5 Å². The first kappa shape index (κ1) is 26.3. The molecular weight excluding hydrogens is 458 g/mol. The summed E-state index contributed by atoms with van der Waals surface area (Å²) in [5.74, 6) is -2.20. The van der Waals surface area contributed by atoms with E-state index in [2.05, 4.69) is 5.32 Å². The van der Waals surface area contributed by atoms with Crippen LogP contribution in [0.15, 0.2) is 66.7 Å². The Hall–Kier alpha value is -4.99. The highest BCUT2D eigenvalue weighted by Gasteiger charge is 2.10. The van der Waals surface area contributed by atoms with E-state index in [4.69, 9.17) is 29.9 Å². The minimum atomic E-state index is -1.22. The van der Waals surface area contributed by atoms with E-state index in [1.54, 1.807) is 43.5 Å². The maximum atomic E-state index is 12.0. The Morgan fingerprint density at radius 2 is 1.46 bits per heavy atom. The highest BCUT2D eigenvalue weighted by Crippen LogP contribution is 2.28. The Morgan fingerprint density at radius 3 is 2.06 bits per heavy atom. The molecule has 0 aliphatic heterocycles. The zero-order chi connectivity index (χ0) is 26.0. The van der Waals surface area contributed by atoms with Gasteiger partial charge in [0.25, 0.3) is 0 Å². The third-order valence-corrected chi connectivity index (χ3v) is 4.46. The van der Waals surface area contributed by atoms with Crippen molar-refractivity contribution in [2.24, 2.45) is 0 Å². The molecule has 1 amide bonds. The van der Waals surface area contributed by atoms with Gasteiger partial charge in [-0.25, -0.2) is 9.59 Å². The first-order valence-corrected chi connectivity index (χ1v) is 9.95. The van der Waals surface area contributed by atoms with Crippen LogP contribution in [-0.2, 0) is 4.79 Å². The second-order valence-corrected chi connectivity index (χ2v) is 6.79. The molecular formula is C25H23NO9. The second kappa shape index (κ2) is 12.3. The zero-order valence-electron chi connectivity index (χ0n) is 18.8. The summed E-state index contributed by atoms with van der Waals surface area (Å²) < 4.78 is 10.3. The van der Waals surface area contributed by atoms with E-state index in [0.29, 0.717) is 11.5 Å². The van der Waals surface area contributed by atoms with Crippen molar-refractivity contribution < 1.29 is 44.3 Å². The van der Waals surface area contributed by atoms with Crippen molar-refractivity contribution in [2.45, 2.75) is 0 Å². The van der Waals surface area contributed by atoms with Crippen molar-refractivity contribution in [3.05, 3.63) is 83.4 Å². The Bertz CT molecular complexity index is 1250. The smallest absolute Gasteiger partial charge is 0.339 e. The topological polar surface area (TPSA) is 163 Å². The summed E-state index contributed by atoms with van der Waals surface area (Å²) in [6.07, 6.45) is 2.92. The van der Waals surface area contributed by atoms with Crippen LogP contribution >= 0.6 is 0 Å². The highest BCUT2D eigenvalue weighted by atomic mass is 16.5. The molecule has 0 heterocycles. The number of ether oxygens (including phenoxy) is 2. The molecule has 0 radical (unpaired) electrons. The van der Waals surface area contributed by atoms with E-state index in [9.17, 15) is 14.4 Å². The minimum absolute atomic E-state index is 0.0327. The lowest BCUT2D eigenvalue weighted by molar-refractivity contribution is -0.111. The summed E-state index contributed by atoms with van der Waals surface area (Å²) in [6.45, 7) is 0. The van der Waals surface area contributed by atoms with Crippen molar-refractivity contribution in [3.63, 3.8) is 0 Å². The van der Waals surface area contributed by atoms with Gasteiger partial charge >= 0.3 is 11.9 Å². The number of hydrogen-bond donors (Lipinski definition) is 5. The Labute approximate surface area is 200 Å². The van der Waals surface area contributed by atoms with E-state index < -0.39 is 23.6 Å². The number of aromatic carboxylic acids is 2. The number of carboxylic acid groups (broad SMARTS) is 2. The molecule has 5 N–H and O–H groups in total. The van der Waals surface area contributed by atoms with Gasteiger partial charge in [-0.1, -0.05) is 18.2 Å². The quantitative estimate of drug-likeness (QED) is 0.315. The van der Waals surface area contributed by atoms with Crippen LogP contribution in [0.5, 0.6) is 23.0 Å². The highest BCUT2D eigenvalue weighted by molar-refractivity contribution is 6.06. The summed E-state index contributed by atoms with van der Waals surface area (Å²) >= 11 is 0. The van der Waals surface area contributed by atoms with Gasteiger partial charge in [0.1, 0.15) is 17.1 Å². The molecule has 3 rings (SSSR count). The Balaban J connectivity index is 0.000000328. The Kier molecular flexibility index (Phi) is 9.23. The number of methoxy groups -OCH3 is 2. The normalized spacial score (nSPS) is 10.1. The molecule has 0 aliphatic carbocycles. The van der Waals surface area contributed by atoms with Crippen LogP contribution in [0, 0.1) is 0 Å². The van der Waals surface area contributed by atoms with Gasteiger partial charge in [-0.3, -0.25) is 4.79 Å². The van der Waals surface area contributed by atoms with Gasteiger partial charge in [0.15, 0.2) is 11.5 Å². The van der Waals surface area contributed by atoms with E-state index in [1.807, 2.05) is 0 Å². The number of rotatable bonds is 7. The molecule has 0 saturated carbocycles. The summed E-state index contributed by atoms with van der Waals surface area (Å²) in [5.41, 5.74) is 0.800. The number of para-hydroxylation sites is 1. The van der Waals surface area contributed by atoms with Gasteiger partial charge in [-0.15, -0.1) is 0 Å². The number of carbonyl (C=O) groups is 3. The Morgan fingerprint density at radius 1 is 0.800 bits per heavy atom. The fourth-order valence-corrected chi connectivity index (χ4v) is 2.78. The van der Waals surface area contributed by atoms with Crippen LogP contribution in [0.1, 0.15) is 26.3 Å².